The van der Waals surface area contributed by atoms with E-state index >= 15 is 0 Å². The van der Waals surface area contributed by atoms with Gasteiger partial charge in [-0.3, -0.25) is 9.69 Å². The fourth-order valence-electron chi connectivity index (χ4n) is 2.86. The zero-order valence-corrected chi connectivity index (χ0v) is 11.7. The molecule has 0 bridgehead atoms. The van der Waals surface area contributed by atoms with Crippen molar-refractivity contribution in [2.45, 2.75) is 38.1 Å². The molecule has 0 unspecified atom stereocenters. The van der Waals surface area contributed by atoms with Gasteiger partial charge >= 0.3 is 6.03 Å². The van der Waals surface area contributed by atoms with Crippen LogP contribution in [0.25, 0.3) is 6.08 Å². The summed E-state index contributed by atoms with van der Waals surface area (Å²) in [6.45, 7) is 0. The van der Waals surface area contributed by atoms with E-state index in [1.165, 1.54) is 11.3 Å². The Morgan fingerprint density at radius 1 is 1.24 bits per heavy atom. The topological polar surface area (TPSA) is 62.6 Å². The number of furan rings is 1. The summed E-state index contributed by atoms with van der Waals surface area (Å²) in [5.41, 5.74) is 0.327. The van der Waals surface area contributed by atoms with Crippen LogP contribution in [-0.4, -0.2) is 22.9 Å². The van der Waals surface area contributed by atoms with E-state index in [2.05, 4.69) is 5.32 Å². The Kier molecular flexibility index (Phi) is 3.90. The van der Waals surface area contributed by atoms with Gasteiger partial charge in [-0.05, 0) is 37.1 Å². The van der Waals surface area contributed by atoms with Crippen LogP contribution < -0.4 is 5.32 Å². The van der Waals surface area contributed by atoms with E-state index in [1.54, 1.807) is 30.6 Å². The van der Waals surface area contributed by atoms with Crippen molar-refractivity contribution in [3.8, 4) is 0 Å². The maximum atomic E-state index is 12.3. The molecule has 1 saturated carbocycles. The van der Waals surface area contributed by atoms with Crippen LogP contribution in [0.2, 0.25) is 0 Å². The molecule has 5 heteroatoms. The molecule has 1 aliphatic heterocycles. The molecule has 110 valence electrons. The Balaban J connectivity index is 1.70. The molecule has 0 radical (unpaired) electrons. The first-order valence-corrected chi connectivity index (χ1v) is 7.32. The Labute approximate surface area is 123 Å². The average Bonchev–Trinajstić information content (AvgIpc) is 3.09. The highest BCUT2D eigenvalue weighted by Crippen LogP contribution is 2.26. The van der Waals surface area contributed by atoms with E-state index in [4.69, 9.17) is 4.42 Å². The Bertz CT molecular complexity index is 581. The number of allylic oxidation sites excluding steroid dienone is 2. The third-order valence-electron chi connectivity index (χ3n) is 3.92. The Morgan fingerprint density at radius 2 is 2.05 bits per heavy atom. The fraction of sp³-hybridized carbons (Fsp3) is 0.375. The molecule has 3 rings (SSSR count). The van der Waals surface area contributed by atoms with Crippen LogP contribution in [0.15, 0.2) is 40.7 Å². The molecule has 1 aromatic rings. The van der Waals surface area contributed by atoms with Crippen LogP contribution in [-0.2, 0) is 4.79 Å². The SMILES string of the molecule is O=C1N/C(=C\C=C\c2ccco2)C(=O)N1C1CCCCC1. The van der Waals surface area contributed by atoms with E-state index in [0.717, 1.165) is 25.7 Å². The summed E-state index contributed by atoms with van der Waals surface area (Å²) in [6.07, 6.45) is 11.8. The van der Waals surface area contributed by atoms with Crippen molar-refractivity contribution in [2.75, 3.05) is 0 Å². The van der Waals surface area contributed by atoms with Crippen molar-refractivity contribution in [1.82, 2.24) is 10.2 Å². The summed E-state index contributed by atoms with van der Waals surface area (Å²) in [5, 5.41) is 2.65. The largest absolute Gasteiger partial charge is 0.465 e. The first kappa shape index (κ1) is 13.7. The lowest BCUT2D eigenvalue weighted by molar-refractivity contribution is -0.124. The number of hydrogen-bond acceptors (Lipinski definition) is 3. The number of nitrogens with zero attached hydrogens (tertiary/aromatic N) is 1. The number of urea groups is 1. The molecule has 0 spiro atoms. The van der Waals surface area contributed by atoms with Crippen molar-refractivity contribution < 1.29 is 14.0 Å². The van der Waals surface area contributed by atoms with Gasteiger partial charge in [-0.2, -0.15) is 0 Å². The fourth-order valence-corrected chi connectivity index (χ4v) is 2.86. The van der Waals surface area contributed by atoms with E-state index in [9.17, 15) is 9.59 Å². The standard InChI is InChI=1S/C16H18N2O3/c19-15-14(10-4-8-13-9-5-11-21-13)17-16(20)18(15)12-6-2-1-3-7-12/h4-5,8-12H,1-3,6-7H2,(H,17,20)/b8-4+,14-10-. The molecule has 2 aliphatic rings. The van der Waals surface area contributed by atoms with Crippen LogP contribution in [0.3, 0.4) is 0 Å². The van der Waals surface area contributed by atoms with Crippen molar-refractivity contribution >= 4 is 18.0 Å². The van der Waals surface area contributed by atoms with Gasteiger partial charge in [-0.1, -0.05) is 25.3 Å². The minimum Gasteiger partial charge on any atom is -0.465 e. The van der Waals surface area contributed by atoms with E-state index in [1.807, 2.05) is 6.07 Å². The van der Waals surface area contributed by atoms with Crippen LogP contribution in [0.1, 0.15) is 37.9 Å². The number of hydrogen-bond donors (Lipinski definition) is 1. The van der Waals surface area contributed by atoms with Crippen LogP contribution >= 0.6 is 0 Å². The van der Waals surface area contributed by atoms with E-state index in [-0.39, 0.29) is 18.0 Å². The van der Waals surface area contributed by atoms with Gasteiger partial charge in [0.05, 0.1) is 6.26 Å². The summed E-state index contributed by atoms with van der Waals surface area (Å²) in [4.78, 5) is 25.7. The summed E-state index contributed by atoms with van der Waals surface area (Å²) in [6, 6.07) is 3.36. The lowest BCUT2D eigenvalue weighted by atomic mass is 9.94. The quantitative estimate of drug-likeness (QED) is 0.686. The maximum absolute atomic E-state index is 12.3. The number of nitrogens with one attached hydrogen (secondary N) is 1. The normalized spacial score (nSPS) is 22.5. The number of imide groups is 1. The van der Waals surface area contributed by atoms with Crippen LogP contribution in [0, 0.1) is 0 Å². The molecule has 0 aromatic carbocycles. The zero-order valence-electron chi connectivity index (χ0n) is 11.7. The van der Waals surface area contributed by atoms with Gasteiger partial charge < -0.3 is 9.73 Å². The minimum atomic E-state index is -0.301. The van der Waals surface area contributed by atoms with Crippen molar-refractivity contribution in [3.63, 3.8) is 0 Å². The molecule has 1 aromatic heterocycles. The van der Waals surface area contributed by atoms with Gasteiger partial charge in [0, 0.05) is 6.04 Å². The summed E-state index contributed by atoms with van der Waals surface area (Å²) in [5.74, 6) is 0.476. The lowest BCUT2D eigenvalue weighted by Gasteiger charge is -2.28. The first-order valence-electron chi connectivity index (χ1n) is 7.32. The maximum Gasteiger partial charge on any atom is 0.329 e. The molecule has 2 fully saturated rings. The zero-order chi connectivity index (χ0) is 14.7. The second-order valence-electron chi connectivity index (χ2n) is 5.35. The van der Waals surface area contributed by atoms with Gasteiger partial charge in [-0.15, -0.1) is 0 Å². The lowest BCUT2D eigenvalue weighted by Crippen LogP contribution is -2.41. The Morgan fingerprint density at radius 3 is 2.76 bits per heavy atom. The molecule has 5 nitrogen and oxygen atoms in total. The molecule has 21 heavy (non-hydrogen) atoms. The molecule has 1 saturated heterocycles. The third kappa shape index (κ3) is 2.91. The van der Waals surface area contributed by atoms with Gasteiger partial charge in [0.15, 0.2) is 0 Å². The summed E-state index contributed by atoms with van der Waals surface area (Å²) < 4.78 is 5.16. The second-order valence-corrected chi connectivity index (χ2v) is 5.35. The number of carbonyl (C=O) groups excluding carboxylic acids is 2. The molecule has 0 atom stereocenters. The van der Waals surface area contributed by atoms with Crippen molar-refractivity contribution in [2.24, 2.45) is 0 Å². The average molecular weight is 286 g/mol. The molecule has 1 aliphatic carbocycles. The molecule has 2 heterocycles. The van der Waals surface area contributed by atoms with Crippen LogP contribution in [0.4, 0.5) is 4.79 Å². The smallest absolute Gasteiger partial charge is 0.329 e. The van der Waals surface area contributed by atoms with Gasteiger partial charge in [0.25, 0.3) is 5.91 Å². The van der Waals surface area contributed by atoms with E-state index < -0.39 is 0 Å². The van der Waals surface area contributed by atoms with E-state index in [0.29, 0.717) is 11.5 Å². The number of carbonyl (C=O) groups is 2. The summed E-state index contributed by atoms with van der Waals surface area (Å²) >= 11 is 0. The monoisotopic (exact) mass is 286 g/mol. The van der Waals surface area contributed by atoms with Crippen molar-refractivity contribution in [3.05, 3.63) is 42.0 Å². The first-order chi connectivity index (χ1) is 10.3. The predicted molar refractivity (Wildman–Crippen MR) is 78.1 cm³/mol. The van der Waals surface area contributed by atoms with Gasteiger partial charge in [0.2, 0.25) is 0 Å². The Hall–Kier alpha value is -2.30. The third-order valence-corrected chi connectivity index (χ3v) is 3.92. The predicted octanol–water partition coefficient (Wildman–Crippen LogP) is 3.06. The van der Waals surface area contributed by atoms with Gasteiger partial charge in [0.1, 0.15) is 11.5 Å². The molecule has 3 amide bonds. The highest BCUT2D eigenvalue weighted by atomic mass is 16.3. The summed E-state index contributed by atoms with van der Waals surface area (Å²) in [7, 11) is 0. The van der Waals surface area contributed by atoms with Crippen molar-refractivity contribution in [1.29, 1.82) is 0 Å². The molecular formula is C16H18N2O3. The molecule has 1 N–H and O–H groups in total. The number of amides is 3. The van der Waals surface area contributed by atoms with Gasteiger partial charge in [-0.25, -0.2) is 4.79 Å². The highest BCUT2D eigenvalue weighted by Gasteiger charge is 2.38. The number of rotatable bonds is 3. The molecular weight excluding hydrogens is 268 g/mol. The van der Waals surface area contributed by atoms with Crippen LogP contribution in [0.5, 0.6) is 0 Å². The second kappa shape index (κ2) is 5.99. The highest BCUT2D eigenvalue weighted by molar-refractivity contribution is 6.12. The minimum absolute atomic E-state index is 0.0474.